The average molecular weight is 162 g/mol. The second kappa shape index (κ2) is 5.02. The first-order valence-electron chi connectivity index (χ1n) is 4.21. The predicted molar refractivity (Wildman–Crippen MR) is 51.7 cm³/mol. The molecule has 1 aliphatic rings. The molecule has 0 heterocycles. The Morgan fingerprint density at radius 3 is 2.38 bits per heavy atom. The molecular weight excluding hydrogens is 151 g/mol. The molecule has 0 fully saturated rings. The summed E-state index contributed by atoms with van der Waals surface area (Å²) in [5.41, 5.74) is 1.33. The largest absolute Gasteiger partial charge is 1.00 e. The van der Waals surface area contributed by atoms with E-state index in [4.69, 9.17) is 0 Å². The summed E-state index contributed by atoms with van der Waals surface area (Å²) >= 11 is 0. The molecule has 1 heteroatoms. The van der Waals surface area contributed by atoms with Crippen LogP contribution in [0.25, 0.3) is 0 Å². The van der Waals surface area contributed by atoms with E-state index < -0.39 is 0 Å². The Morgan fingerprint density at radius 1 is 1.00 bits per heavy atom. The first-order chi connectivity index (χ1) is 5.97. The van der Waals surface area contributed by atoms with Crippen LogP contribution in [0.3, 0.4) is 0 Å². The molecule has 1 aliphatic carbocycles. The minimum atomic E-state index is 0. The fraction of sp³-hybridized carbons (Fsp3) is 0.0833. The van der Waals surface area contributed by atoms with Gasteiger partial charge in [-0.15, -0.1) is 54.0 Å². The van der Waals surface area contributed by atoms with Gasteiger partial charge in [-0.25, -0.2) is 0 Å². The van der Waals surface area contributed by atoms with E-state index in [-0.39, 0.29) is 18.9 Å². The third-order valence-electron chi connectivity index (χ3n) is 2.03. The van der Waals surface area contributed by atoms with Crippen LogP contribution >= 0.6 is 0 Å². The third-order valence-corrected chi connectivity index (χ3v) is 2.03. The second-order valence-corrected chi connectivity index (χ2v) is 2.88. The quantitative estimate of drug-likeness (QED) is 0.406. The Hall–Kier alpha value is -0.833. The summed E-state index contributed by atoms with van der Waals surface area (Å²) < 4.78 is 0. The number of rotatable bonds is 1. The molecule has 0 atom stereocenters. The van der Waals surface area contributed by atoms with Crippen LogP contribution in [0.5, 0.6) is 0 Å². The van der Waals surface area contributed by atoms with Gasteiger partial charge in [-0.3, -0.25) is 0 Å². The molecule has 0 saturated carbocycles. The van der Waals surface area contributed by atoms with Gasteiger partial charge in [0.2, 0.25) is 0 Å². The van der Waals surface area contributed by atoms with Gasteiger partial charge in [-0.1, -0.05) is 12.1 Å². The Bertz CT molecular complexity index is 298. The van der Waals surface area contributed by atoms with Gasteiger partial charge in [-0.2, -0.15) is 0 Å². The van der Waals surface area contributed by atoms with Gasteiger partial charge < -0.3 is 0 Å². The average Bonchev–Trinajstić information content (AvgIpc) is 2.21. The summed E-state index contributed by atoms with van der Waals surface area (Å²) in [5.74, 6) is 1.40. The molecule has 0 aromatic heterocycles. The Balaban J connectivity index is 0.000000845. The Labute approximate surface area is 91.5 Å². The number of hydrogen-bond acceptors (Lipinski definition) is 0. The van der Waals surface area contributed by atoms with E-state index in [1.807, 2.05) is 6.07 Å². The van der Waals surface area contributed by atoms with Crippen molar-refractivity contribution in [2.24, 2.45) is 0 Å². The van der Waals surface area contributed by atoms with Crippen molar-refractivity contribution in [2.45, 2.75) is 6.42 Å². The molecular formula is C12H11Li. The molecule has 1 aromatic rings. The van der Waals surface area contributed by atoms with Crippen LogP contribution in [0.15, 0.2) is 54.6 Å². The monoisotopic (exact) mass is 162 g/mol. The minimum absolute atomic E-state index is 0. The molecule has 0 N–H and O–H groups in total. The SMILES string of the molecule is C1=CC[C-](c2ccccc2)C=C1.[Li+]. The van der Waals surface area contributed by atoms with E-state index in [0.29, 0.717) is 0 Å². The van der Waals surface area contributed by atoms with E-state index in [0.717, 1.165) is 6.42 Å². The van der Waals surface area contributed by atoms with Crippen molar-refractivity contribution >= 4 is 0 Å². The molecule has 13 heavy (non-hydrogen) atoms. The van der Waals surface area contributed by atoms with Crippen LogP contribution in [0.1, 0.15) is 12.0 Å². The Kier molecular flexibility index (Phi) is 3.96. The van der Waals surface area contributed by atoms with Crippen molar-refractivity contribution in [2.75, 3.05) is 0 Å². The second-order valence-electron chi connectivity index (χ2n) is 2.88. The molecule has 1 aromatic carbocycles. The fourth-order valence-electron chi connectivity index (χ4n) is 1.38. The topological polar surface area (TPSA) is 0 Å². The molecule has 0 bridgehead atoms. The molecule has 0 unspecified atom stereocenters. The summed E-state index contributed by atoms with van der Waals surface area (Å²) in [7, 11) is 0. The van der Waals surface area contributed by atoms with Crippen LogP contribution in [-0.4, -0.2) is 0 Å². The van der Waals surface area contributed by atoms with E-state index >= 15 is 0 Å². The maximum Gasteiger partial charge on any atom is 1.00 e. The third kappa shape index (κ3) is 2.55. The maximum atomic E-state index is 2.18. The van der Waals surface area contributed by atoms with Gasteiger partial charge in [0.05, 0.1) is 0 Å². The summed E-state index contributed by atoms with van der Waals surface area (Å²) in [5, 5.41) is 0. The van der Waals surface area contributed by atoms with Gasteiger partial charge in [0.25, 0.3) is 0 Å². The van der Waals surface area contributed by atoms with Crippen molar-refractivity contribution in [3.05, 3.63) is 66.1 Å². The summed E-state index contributed by atoms with van der Waals surface area (Å²) in [6, 6.07) is 10.5. The zero-order chi connectivity index (χ0) is 8.23. The van der Waals surface area contributed by atoms with Gasteiger partial charge in [0.15, 0.2) is 0 Å². The van der Waals surface area contributed by atoms with E-state index in [1.165, 1.54) is 11.5 Å². The first-order valence-corrected chi connectivity index (χ1v) is 4.21. The molecule has 0 amide bonds. The van der Waals surface area contributed by atoms with Crippen molar-refractivity contribution in [3.8, 4) is 0 Å². The molecule has 0 radical (unpaired) electrons. The molecule has 60 valence electrons. The zero-order valence-electron chi connectivity index (χ0n) is 7.90. The zero-order valence-corrected chi connectivity index (χ0v) is 7.90. The van der Waals surface area contributed by atoms with E-state index in [2.05, 4.69) is 48.6 Å². The van der Waals surface area contributed by atoms with Crippen LogP contribution in [0.2, 0.25) is 0 Å². The molecule has 0 spiro atoms. The van der Waals surface area contributed by atoms with Crippen molar-refractivity contribution < 1.29 is 18.9 Å². The first kappa shape index (κ1) is 10.2. The van der Waals surface area contributed by atoms with Gasteiger partial charge >= 0.3 is 18.9 Å². The summed E-state index contributed by atoms with van der Waals surface area (Å²) in [6.45, 7) is 0. The van der Waals surface area contributed by atoms with Gasteiger partial charge in [-0.05, 0) is 6.42 Å². The van der Waals surface area contributed by atoms with Crippen molar-refractivity contribution in [1.82, 2.24) is 0 Å². The maximum absolute atomic E-state index is 2.18. The molecule has 0 nitrogen and oxygen atoms in total. The van der Waals surface area contributed by atoms with E-state index in [1.54, 1.807) is 0 Å². The smallest absolute Gasteiger partial charge is 0.145 e. The van der Waals surface area contributed by atoms with Crippen LogP contribution in [-0.2, 0) is 0 Å². The predicted octanol–water partition coefficient (Wildman–Crippen LogP) is 0.129. The standard InChI is InChI=1S/C12H11.Li/c1-3-7-11(8-4-1)12-9-5-2-6-10-12;/h1-9H,10H2;/q-1;+1. The van der Waals surface area contributed by atoms with Gasteiger partial charge in [0.1, 0.15) is 0 Å². The normalized spacial score (nSPS) is 14.0. The summed E-state index contributed by atoms with van der Waals surface area (Å²) in [4.78, 5) is 0. The van der Waals surface area contributed by atoms with Crippen LogP contribution in [0.4, 0.5) is 0 Å². The van der Waals surface area contributed by atoms with E-state index in [9.17, 15) is 0 Å². The van der Waals surface area contributed by atoms with Gasteiger partial charge in [0, 0.05) is 0 Å². The molecule has 0 aliphatic heterocycles. The summed E-state index contributed by atoms with van der Waals surface area (Å²) in [6.07, 6.45) is 9.59. The van der Waals surface area contributed by atoms with Crippen LogP contribution in [0, 0.1) is 5.92 Å². The Morgan fingerprint density at radius 2 is 1.77 bits per heavy atom. The number of hydrogen-bond donors (Lipinski definition) is 0. The van der Waals surface area contributed by atoms with Crippen molar-refractivity contribution in [3.63, 3.8) is 0 Å². The number of allylic oxidation sites excluding steroid dienone is 4. The minimum Gasteiger partial charge on any atom is -0.145 e. The molecule has 0 saturated heterocycles. The number of benzene rings is 1. The van der Waals surface area contributed by atoms with Crippen molar-refractivity contribution in [1.29, 1.82) is 0 Å². The fourth-order valence-corrected chi connectivity index (χ4v) is 1.38. The molecule has 2 rings (SSSR count). The van der Waals surface area contributed by atoms with Crippen LogP contribution < -0.4 is 18.9 Å².